The van der Waals surface area contributed by atoms with Crippen LogP contribution in [0, 0.1) is 5.82 Å². The van der Waals surface area contributed by atoms with Crippen LogP contribution in [-0.4, -0.2) is 37.6 Å². The van der Waals surface area contributed by atoms with E-state index in [0.29, 0.717) is 23.7 Å². The van der Waals surface area contributed by atoms with Crippen molar-refractivity contribution in [3.8, 4) is 0 Å². The van der Waals surface area contributed by atoms with Crippen LogP contribution in [0.2, 0.25) is 5.02 Å². The number of hydrogen-bond acceptors (Lipinski definition) is 3. The van der Waals surface area contributed by atoms with Gasteiger partial charge in [-0.25, -0.2) is 4.39 Å². The first-order valence-corrected chi connectivity index (χ1v) is 7.61. The van der Waals surface area contributed by atoms with E-state index in [1.165, 1.54) is 12.1 Å². The fourth-order valence-corrected chi connectivity index (χ4v) is 2.82. The van der Waals surface area contributed by atoms with Crippen LogP contribution in [0.5, 0.6) is 0 Å². The van der Waals surface area contributed by atoms with Gasteiger partial charge < -0.3 is 15.0 Å². The highest BCUT2D eigenvalue weighted by Gasteiger charge is 2.36. The molecule has 1 heterocycles. The van der Waals surface area contributed by atoms with E-state index < -0.39 is 17.8 Å². The van der Waals surface area contributed by atoms with Crippen molar-refractivity contribution in [2.75, 3.05) is 19.7 Å². The molecule has 0 aromatic heterocycles. The molecule has 2 rings (SSSR count). The van der Waals surface area contributed by atoms with Gasteiger partial charge in [-0.2, -0.15) is 0 Å². The van der Waals surface area contributed by atoms with Crippen molar-refractivity contribution in [1.82, 2.24) is 5.32 Å². The van der Waals surface area contributed by atoms with E-state index >= 15 is 0 Å². The Morgan fingerprint density at radius 1 is 1.55 bits per heavy atom. The van der Waals surface area contributed by atoms with Crippen LogP contribution in [0.4, 0.5) is 4.39 Å². The van der Waals surface area contributed by atoms with Gasteiger partial charge in [-0.05, 0) is 19.1 Å². The number of esters is 1. The summed E-state index contributed by atoms with van der Waals surface area (Å²) < 4.78 is 18.8. The Morgan fingerprint density at radius 3 is 3.00 bits per heavy atom. The summed E-state index contributed by atoms with van der Waals surface area (Å²) in [5.41, 5.74) is 0.364. The highest BCUT2D eigenvalue weighted by molar-refractivity contribution is 6.31. The molecule has 1 aliphatic heterocycles. The minimum atomic E-state index is -0.594. The van der Waals surface area contributed by atoms with Crippen LogP contribution in [0.1, 0.15) is 18.9 Å². The number of benzene rings is 1. The zero-order valence-electron chi connectivity index (χ0n) is 12.3. The number of nitrogens with one attached hydrogen (secondary N) is 2. The van der Waals surface area contributed by atoms with Crippen LogP contribution >= 0.6 is 11.6 Å². The zero-order valence-corrected chi connectivity index (χ0v) is 13.1. The normalized spacial score (nSPS) is 21.3. The number of piperazine rings is 1. The highest BCUT2D eigenvalue weighted by atomic mass is 35.5. The predicted octanol–water partition coefficient (Wildman–Crippen LogP) is 0.316. The third kappa shape index (κ3) is 3.96. The molecule has 22 heavy (non-hydrogen) atoms. The maximum atomic E-state index is 13.9. The van der Waals surface area contributed by atoms with Gasteiger partial charge in [0.1, 0.15) is 18.8 Å². The van der Waals surface area contributed by atoms with E-state index in [2.05, 4.69) is 5.32 Å². The van der Waals surface area contributed by atoms with Crippen LogP contribution in [0.25, 0.3) is 0 Å². The third-order valence-corrected chi connectivity index (χ3v) is 4.05. The van der Waals surface area contributed by atoms with Crippen molar-refractivity contribution in [1.29, 1.82) is 0 Å². The minimum absolute atomic E-state index is 0.0267. The Labute approximate surface area is 133 Å². The molecule has 1 amide bonds. The summed E-state index contributed by atoms with van der Waals surface area (Å²) in [5, 5.41) is 3.06. The van der Waals surface area contributed by atoms with Crippen LogP contribution in [0.3, 0.4) is 0 Å². The van der Waals surface area contributed by atoms with Crippen molar-refractivity contribution < 1.29 is 23.6 Å². The Kier molecular flexibility index (Phi) is 5.74. The molecule has 0 spiro atoms. The highest BCUT2D eigenvalue weighted by Crippen LogP contribution is 2.18. The van der Waals surface area contributed by atoms with Gasteiger partial charge in [0.25, 0.3) is 5.91 Å². The van der Waals surface area contributed by atoms with E-state index in [1.807, 2.05) is 0 Å². The van der Waals surface area contributed by atoms with Gasteiger partial charge in [0.05, 0.1) is 30.3 Å². The first-order valence-electron chi connectivity index (χ1n) is 7.23. The Hall–Kier alpha value is -1.66. The lowest BCUT2D eigenvalue weighted by Crippen LogP contribution is -3.18. The number of ether oxygens (including phenoxy) is 1. The van der Waals surface area contributed by atoms with Crippen molar-refractivity contribution in [2.24, 2.45) is 0 Å². The van der Waals surface area contributed by atoms with Gasteiger partial charge in [0.15, 0.2) is 6.04 Å². The SMILES string of the molecule is CCOC(=O)C[C@H]1C(=O)NCC[NH+]1Cc1c(F)cccc1Cl. The summed E-state index contributed by atoms with van der Waals surface area (Å²) in [7, 11) is 0. The molecule has 0 saturated carbocycles. The number of rotatable bonds is 5. The minimum Gasteiger partial charge on any atom is -0.466 e. The maximum absolute atomic E-state index is 13.9. The second-order valence-electron chi connectivity index (χ2n) is 5.14. The van der Waals surface area contributed by atoms with E-state index in [-0.39, 0.29) is 25.5 Å². The number of amides is 1. The lowest BCUT2D eigenvalue weighted by molar-refractivity contribution is -0.930. The fourth-order valence-electron chi connectivity index (χ4n) is 2.59. The molecule has 120 valence electrons. The second-order valence-corrected chi connectivity index (χ2v) is 5.55. The molecule has 1 aromatic carbocycles. The number of halogens is 2. The lowest BCUT2D eigenvalue weighted by Gasteiger charge is -2.31. The number of carbonyl (C=O) groups excluding carboxylic acids is 2. The van der Waals surface area contributed by atoms with Gasteiger partial charge in [-0.15, -0.1) is 0 Å². The molecule has 0 aliphatic carbocycles. The summed E-state index contributed by atoms with van der Waals surface area (Å²) >= 11 is 6.04. The van der Waals surface area contributed by atoms with E-state index in [9.17, 15) is 14.0 Å². The molecule has 2 N–H and O–H groups in total. The molecule has 0 bridgehead atoms. The first kappa shape index (κ1) is 16.7. The monoisotopic (exact) mass is 329 g/mol. The Balaban J connectivity index is 2.15. The van der Waals surface area contributed by atoms with E-state index in [1.54, 1.807) is 13.0 Å². The Morgan fingerprint density at radius 2 is 2.32 bits per heavy atom. The molecule has 1 unspecified atom stereocenters. The van der Waals surface area contributed by atoms with Gasteiger partial charge in [-0.1, -0.05) is 17.7 Å². The maximum Gasteiger partial charge on any atom is 0.312 e. The lowest BCUT2D eigenvalue weighted by atomic mass is 10.1. The molecule has 2 atom stereocenters. The average molecular weight is 330 g/mol. The predicted molar refractivity (Wildman–Crippen MR) is 79.0 cm³/mol. The molecule has 1 aliphatic rings. The topological polar surface area (TPSA) is 59.8 Å². The largest absolute Gasteiger partial charge is 0.466 e. The summed E-state index contributed by atoms with van der Waals surface area (Å²) in [6.45, 7) is 3.31. The summed E-state index contributed by atoms with van der Waals surface area (Å²) in [4.78, 5) is 24.5. The van der Waals surface area contributed by atoms with Crippen molar-refractivity contribution >= 4 is 23.5 Å². The van der Waals surface area contributed by atoms with Crippen molar-refractivity contribution in [3.05, 3.63) is 34.6 Å². The fraction of sp³-hybridized carbons (Fsp3) is 0.467. The van der Waals surface area contributed by atoms with Crippen molar-refractivity contribution in [2.45, 2.75) is 25.9 Å². The standard InChI is InChI=1S/C15H18ClFN2O3/c1-2-22-14(20)8-13-15(21)18-6-7-19(13)9-10-11(16)4-3-5-12(10)17/h3-5,13H,2,6-9H2,1H3,(H,18,21)/p+1/t13-/m0/s1. The van der Waals surface area contributed by atoms with Crippen LogP contribution in [-0.2, 0) is 20.9 Å². The van der Waals surface area contributed by atoms with E-state index in [0.717, 1.165) is 4.90 Å². The number of carbonyl (C=O) groups is 2. The molecular weight excluding hydrogens is 311 g/mol. The molecule has 1 fully saturated rings. The van der Waals surface area contributed by atoms with Gasteiger partial charge in [0.2, 0.25) is 0 Å². The average Bonchev–Trinajstić information content (AvgIpc) is 2.46. The smallest absolute Gasteiger partial charge is 0.312 e. The Bertz CT molecular complexity index is 547. The van der Waals surface area contributed by atoms with Crippen LogP contribution < -0.4 is 10.2 Å². The molecule has 1 aromatic rings. The van der Waals surface area contributed by atoms with Crippen LogP contribution in [0.15, 0.2) is 18.2 Å². The van der Waals surface area contributed by atoms with Gasteiger partial charge in [0, 0.05) is 0 Å². The molecular formula is C15H19ClFN2O3+. The molecule has 1 saturated heterocycles. The summed E-state index contributed by atoms with van der Waals surface area (Å²) in [5.74, 6) is -1.05. The summed E-state index contributed by atoms with van der Waals surface area (Å²) in [6.07, 6.45) is -0.0267. The molecule has 5 nitrogen and oxygen atoms in total. The quantitative estimate of drug-likeness (QED) is 0.765. The number of quaternary nitrogens is 1. The second kappa shape index (κ2) is 7.56. The number of hydrogen-bond donors (Lipinski definition) is 2. The zero-order chi connectivity index (χ0) is 16.1. The molecule has 7 heteroatoms. The molecule has 0 radical (unpaired) electrons. The summed E-state index contributed by atoms with van der Waals surface area (Å²) in [6, 6.07) is 3.90. The van der Waals surface area contributed by atoms with Gasteiger partial charge >= 0.3 is 5.97 Å². The third-order valence-electron chi connectivity index (χ3n) is 3.70. The van der Waals surface area contributed by atoms with Gasteiger partial charge in [-0.3, -0.25) is 9.59 Å². The first-order chi connectivity index (χ1) is 10.5. The van der Waals surface area contributed by atoms with Crippen molar-refractivity contribution in [3.63, 3.8) is 0 Å². The van der Waals surface area contributed by atoms with E-state index in [4.69, 9.17) is 16.3 Å².